The maximum atomic E-state index is 11.4. The number of carboxylic acid groups (broad SMARTS) is 1. The van der Waals surface area contributed by atoms with E-state index in [2.05, 4.69) is 45.0 Å². The van der Waals surface area contributed by atoms with Crippen LogP contribution in [0.15, 0.2) is 60.7 Å². The first-order valence-electron chi connectivity index (χ1n) is 8.47. The second kappa shape index (κ2) is 7.52. The first-order valence-corrected chi connectivity index (χ1v) is 10.4. The van der Waals surface area contributed by atoms with Crippen molar-refractivity contribution in [2.24, 2.45) is 5.73 Å². The number of carboxylic acids is 1. The Morgan fingerprint density at radius 1 is 1.00 bits per heavy atom. The van der Waals surface area contributed by atoms with E-state index < -0.39 is 26.4 Å². The summed E-state index contributed by atoms with van der Waals surface area (Å²) in [6, 6.07) is 19.2. The molecule has 0 aliphatic carbocycles. The van der Waals surface area contributed by atoms with E-state index in [1.807, 2.05) is 36.4 Å². The van der Waals surface area contributed by atoms with Gasteiger partial charge in [-0.3, -0.25) is 4.79 Å². The van der Waals surface area contributed by atoms with Crippen molar-refractivity contribution in [1.29, 1.82) is 0 Å². The van der Waals surface area contributed by atoms with E-state index in [1.54, 1.807) is 6.92 Å². The van der Waals surface area contributed by atoms with E-state index in [4.69, 9.17) is 10.2 Å². The maximum Gasteiger partial charge on any atom is 0.323 e. The number of nitrogens with two attached hydrogens (primary N) is 1. The third kappa shape index (κ3) is 3.84. The molecule has 0 radical (unpaired) electrons. The number of carbonyl (C=O) groups is 1. The monoisotopic (exact) mass is 357 g/mol. The molecule has 3 N–H and O–H groups in total. The fraction of sp³-hybridized carbons (Fsp3) is 0.350. The first-order chi connectivity index (χ1) is 11.7. The Kier molecular flexibility index (Phi) is 5.82. The van der Waals surface area contributed by atoms with Gasteiger partial charge in [-0.1, -0.05) is 81.4 Å². The molecule has 0 heterocycles. The predicted octanol–water partition coefficient (Wildman–Crippen LogP) is 2.36. The van der Waals surface area contributed by atoms with Crippen molar-refractivity contribution in [1.82, 2.24) is 0 Å². The van der Waals surface area contributed by atoms with Gasteiger partial charge in [-0.15, -0.1) is 0 Å². The van der Waals surface area contributed by atoms with Gasteiger partial charge in [-0.05, 0) is 22.3 Å². The van der Waals surface area contributed by atoms with Crippen molar-refractivity contribution in [2.45, 2.75) is 44.9 Å². The highest BCUT2D eigenvalue weighted by Gasteiger charge is 2.51. The van der Waals surface area contributed by atoms with Crippen LogP contribution >= 0.6 is 0 Å². The molecule has 2 rings (SSSR count). The van der Waals surface area contributed by atoms with Gasteiger partial charge in [-0.25, -0.2) is 0 Å². The highest BCUT2D eigenvalue weighted by molar-refractivity contribution is 6.99. The van der Waals surface area contributed by atoms with Crippen LogP contribution in [0.2, 0.25) is 5.04 Å². The molecule has 0 aliphatic rings. The van der Waals surface area contributed by atoms with Crippen molar-refractivity contribution >= 4 is 24.7 Å². The fourth-order valence-electron chi connectivity index (χ4n) is 3.24. The lowest BCUT2D eigenvalue weighted by molar-refractivity contribution is -0.140. The lowest BCUT2D eigenvalue weighted by Crippen LogP contribution is -2.68. The minimum absolute atomic E-state index is 0.206. The van der Waals surface area contributed by atoms with Crippen molar-refractivity contribution < 1.29 is 14.3 Å². The summed E-state index contributed by atoms with van der Waals surface area (Å²) in [5.74, 6) is -1.05. The van der Waals surface area contributed by atoms with Crippen LogP contribution < -0.4 is 16.1 Å². The van der Waals surface area contributed by atoms with E-state index in [1.165, 1.54) is 0 Å². The Bertz CT molecular complexity index is 658. The molecule has 134 valence electrons. The average Bonchev–Trinajstić information content (AvgIpc) is 2.59. The number of aliphatic carboxylic acids is 1. The number of rotatable bonds is 6. The average molecular weight is 358 g/mol. The molecule has 0 aromatic heterocycles. The second-order valence-electron chi connectivity index (χ2n) is 7.35. The molecule has 2 aromatic rings. The zero-order valence-electron chi connectivity index (χ0n) is 15.3. The zero-order valence-corrected chi connectivity index (χ0v) is 16.3. The largest absolute Gasteiger partial charge is 0.480 e. The van der Waals surface area contributed by atoms with E-state index in [0.717, 1.165) is 10.4 Å². The summed E-state index contributed by atoms with van der Waals surface area (Å²) in [6.45, 7) is 8.20. The normalized spacial score (nSPS) is 14.8. The molecule has 0 amide bonds. The Morgan fingerprint density at radius 3 is 1.72 bits per heavy atom. The second-order valence-corrected chi connectivity index (χ2v) is 11.6. The van der Waals surface area contributed by atoms with Gasteiger partial charge in [0.1, 0.15) is 6.04 Å². The van der Waals surface area contributed by atoms with E-state index >= 15 is 0 Å². The molecule has 0 saturated heterocycles. The number of hydrogen-bond acceptors (Lipinski definition) is 3. The van der Waals surface area contributed by atoms with Gasteiger partial charge >= 0.3 is 5.97 Å². The number of hydrogen-bond donors (Lipinski definition) is 2. The maximum absolute atomic E-state index is 11.4. The van der Waals surface area contributed by atoms with Gasteiger partial charge in [0, 0.05) is 0 Å². The summed E-state index contributed by atoms with van der Waals surface area (Å²) in [5, 5.41) is 11.3. The Morgan fingerprint density at radius 2 is 1.40 bits per heavy atom. The topological polar surface area (TPSA) is 72.5 Å². The van der Waals surface area contributed by atoms with E-state index in [9.17, 15) is 9.90 Å². The summed E-state index contributed by atoms with van der Waals surface area (Å²) in [7, 11) is -2.76. The van der Waals surface area contributed by atoms with Crippen LogP contribution in [0.3, 0.4) is 0 Å². The van der Waals surface area contributed by atoms with Crippen LogP contribution in [0.25, 0.3) is 0 Å². The van der Waals surface area contributed by atoms with Gasteiger partial charge in [0.25, 0.3) is 8.32 Å². The van der Waals surface area contributed by atoms with E-state index in [-0.39, 0.29) is 5.04 Å². The summed E-state index contributed by atoms with van der Waals surface area (Å²) >= 11 is 0. The summed E-state index contributed by atoms with van der Waals surface area (Å²) < 4.78 is 6.63. The molecule has 5 heteroatoms. The molecule has 2 atom stereocenters. The molecule has 0 unspecified atom stereocenters. The molecule has 0 aliphatic heterocycles. The van der Waals surface area contributed by atoms with Crippen molar-refractivity contribution in [3.05, 3.63) is 60.7 Å². The lowest BCUT2D eigenvalue weighted by Gasteiger charge is -2.45. The Hall–Kier alpha value is -1.95. The third-order valence-electron chi connectivity index (χ3n) is 4.57. The molecular formula is C20H27NO3Si. The quantitative estimate of drug-likeness (QED) is 0.779. The summed E-state index contributed by atoms with van der Waals surface area (Å²) in [5.41, 5.74) is 5.86. The molecule has 4 nitrogen and oxygen atoms in total. The molecule has 0 fully saturated rings. The lowest BCUT2D eigenvalue weighted by atomic mass is 10.2. The highest BCUT2D eigenvalue weighted by atomic mass is 28.4. The molecular weight excluding hydrogens is 330 g/mol. The minimum atomic E-state index is -2.76. The van der Waals surface area contributed by atoms with Gasteiger partial charge in [0.15, 0.2) is 0 Å². The summed E-state index contributed by atoms with van der Waals surface area (Å²) in [4.78, 5) is 11.4. The van der Waals surface area contributed by atoms with Crippen molar-refractivity contribution in [3.63, 3.8) is 0 Å². The smallest absolute Gasteiger partial charge is 0.323 e. The van der Waals surface area contributed by atoms with Crippen molar-refractivity contribution in [2.75, 3.05) is 0 Å². The van der Waals surface area contributed by atoms with Gasteiger partial charge in [0.2, 0.25) is 0 Å². The predicted molar refractivity (Wildman–Crippen MR) is 104 cm³/mol. The molecule has 25 heavy (non-hydrogen) atoms. The van der Waals surface area contributed by atoms with Gasteiger partial charge in [0.05, 0.1) is 6.10 Å². The van der Waals surface area contributed by atoms with Crippen LogP contribution in [0.4, 0.5) is 0 Å². The Balaban J connectivity index is 2.67. The molecule has 0 saturated carbocycles. The molecule has 0 spiro atoms. The van der Waals surface area contributed by atoms with Gasteiger partial charge in [-0.2, -0.15) is 0 Å². The van der Waals surface area contributed by atoms with Crippen LogP contribution in [-0.4, -0.2) is 31.5 Å². The first kappa shape index (κ1) is 19.4. The Labute approximate surface area is 150 Å². The fourth-order valence-corrected chi connectivity index (χ4v) is 7.96. The summed E-state index contributed by atoms with van der Waals surface area (Å²) in [6.07, 6.45) is -0.608. The molecule has 2 aromatic carbocycles. The standard InChI is InChI=1S/C20H27NO3Si/c1-15(18(21)19(22)23)24-25(20(2,3)4,16-11-7-5-8-12-16)17-13-9-6-10-14-17/h5-15,18H,21H2,1-4H3,(H,22,23)/t15-,18+/m1/s1. The van der Waals surface area contributed by atoms with Crippen LogP contribution in [0, 0.1) is 0 Å². The van der Waals surface area contributed by atoms with E-state index in [0.29, 0.717) is 0 Å². The SMILES string of the molecule is C[C@@H](O[Si](c1ccccc1)(c1ccccc1)C(C)(C)C)[C@H](N)C(=O)O. The number of benzene rings is 2. The molecule has 0 bridgehead atoms. The van der Waals surface area contributed by atoms with Crippen molar-refractivity contribution in [3.8, 4) is 0 Å². The third-order valence-corrected chi connectivity index (χ3v) is 9.70. The highest BCUT2D eigenvalue weighted by Crippen LogP contribution is 2.37. The minimum Gasteiger partial charge on any atom is -0.480 e. The van der Waals surface area contributed by atoms with Crippen LogP contribution in [0.1, 0.15) is 27.7 Å². The van der Waals surface area contributed by atoms with Crippen LogP contribution in [0.5, 0.6) is 0 Å². The van der Waals surface area contributed by atoms with Gasteiger partial charge < -0.3 is 15.3 Å². The van der Waals surface area contributed by atoms with Crippen LogP contribution in [-0.2, 0) is 9.22 Å². The zero-order chi connectivity index (χ0) is 18.7.